The number of hydrogen-bond acceptors (Lipinski definition) is 4. The third kappa shape index (κ3) is 7.33. The minimum atomic E-state index is 0.0329. The molecule has 2 rings (SSSR count). The van der Waals surface area contributed by atoms with Crippen molar-refractivity contribution in [2.45, 2.75) is 44.9 Å². The van der Waals surface area contributed by atoms with Crippen LogP contribution in [0.3, 0.4) is 0 Å². The van der Waals surface area contributed by atoms with Crippen LogP contribution in [0.1, 0.15) is 44.9 Å². The lowest BCUT2D eigenvalue weighted by molar-refractivity contribution is -0.130. The number of ether oxygens (including phenoxy) is 2. The molecule has 26 heavy (non-hydrogen) atoms. The fourth-order valence-electron chi connectivity index (χ4n) is 2.96. The number of carbonyl (C=O) groups excluding carboxylic acids is 2. The first-order valence-electron chi connectivity index (χ1n) is 9.50. The van der Waals surface area contributed by atoms with Gasteiger partial charge in [-0.3, -0.25) is 9.59 Å². The highest BCUT2D eigenvalue weighted by atomic mass is 16.5. The number of amides is 2. The predicted octanol–water partition coefficient (Wildman–Crippen LogP) is 2.76. The first-order valence-corrected chi connectivity index (χ1v) is 9.50. The highest BCUT2D eigenvalue weighted by Gasteiger charge is 2.15. The second-order valence-corrected chi connectivity index (χ2v) is 6.52. The second kappa shape index (κ2) is 11.4. The normalized spacial score (nSPS) is 14.7. The van der Waals surface area contributed by atoms with Crippen molar-refractivity contribution in [1.29, 1.82) is 0 Å². The van der Waals surface area contributed by atoms with Crippen LogP contribution in [0.4, 0.5) is 0 Å². The van der Waals surface area contributed by atoms with Crippen molar-refractivity contribution in [3.8, 4) is 11.5 Å². The summed E-state index contributed by atoms with van der Waals surface area (Å²) in [6, 6.07) is 7.39. The van der Waals surface area contributed by atoms with Crippen LogP contribution in [0.25, 0.3) is 0 Å². The molecule has 144 valence electrons. The van der Waals surface area contributed by atoms with E-state index in [4.69, 9.17) is 9.47 Å². The third-order valence-corrected chi connectivity index (χ3v) is 4.47. The standard InChI is InChI=1S/C20H30N2O4/c1-25-17-9-11-18(12-10-17)26-16-5-7-19(23)21-13-6-15-22-14-4-2-3-8-20(22)24/h9-12H,2-8,13-16H2,1H3,(H,21,23). The van der Waals surface area contributed by atoms with E-state index in [-0.39, 0.29) is 11.8 Å². The molecule has 1 aliphatic heterocycles. The van der Waals surface area contributed by atoms with E-state index in [0.29, 0.717) is 32.4 Å². The Morgan fingerprint density at radius 2 is 1.88 bits per heavy atom. The Balaban J connectivity index is 1.51. The summed E-state index contributed by atoms with van der Waals surface area (Å²) >= 11 is 0. The Kier molecular flexibility index (Phi) is 8.79. The van der Waals surface area contributed by atoms with Gasteiger partial charge in [-0.2, -0.15) is 0 Å². The Hall–Kier alpha value is -2.24. The molecule has 0 aromatic heterocycles. The maximum Gasteiger partial charge on any atom is 0.222 e. The summed E-state index contributed by atoms with van der Waals surface area (Å²) in [5.41, 5.74) is 0. The van der Waals surface area contributed by atoms with Crippen LogP contribution in [0.5, 0.6) is 11.5 Å². The lowest BCUT2D eigenvalue weighted by Crippen LogP contribution is -2.34. The summed E-state index contributed by atoms with van der Waals surface area (Å²) in [6.45, 7) is 2.71. The molecule has 1 aromatic carbocycles. The largest absolute Gasteiger partial charge is 0.497 e. The van der Waals surface area contributed by atoms with Crippen molar-refractivity contribution in [3.05, 3.63) is 24.3 Å². The quantitative estimate of drug-likeness (QED) is 0.650. The molecule has 0 unspecified atom stereocenters. The van der Waals surface area contributed by atoms with Gasteiger partial charge in [0.25, 0.3) is 0 Å². The van der Waals surface area contributed by atoms with Crippen LogP contribution >= 0.6 is 0 Å². The van der Waals surface area contributed by atoms with Gasteiger partial charge in [-0.25, -0.2) is 0 Å². The summed E-state index contributed by atoms with van der Waals surface area (Å²) in [4.78, 5) is 25.7. The van der Waals surface area contributed by atoms with Crippen LogP contribution in [0, 0.1) is 0 Å². The number of hydrogen-bond donors (Lipinski definition) is 1. The van der Waals surface area contributed by atoms with Gasteiger partial charge in [-0.15, -0.1) is 0 Å². The van der Waals surface area contributed by atoms with Gasteiger partial charge < -0.3 is 19.7 Å². The fourth-order valence-corrected chi connectivity index (χ4v) is 2.96. The average molecular weight is 362 g/mol. The van der Waals surface area contributed by atoms with Crippen LogP contribution in [0.2, 0.25) is 0 Å². The minimum Gasteiger partial charge on any atom is -0.497 e. The number of nitrogens with one attached hydrogen (secondary N) is 1. The van der Waals surface area contributed by atoms with Crippen molar-refractivity contribution < 1.29 is 19.1 Å². The average Bonchev–Trinajstić information content (AvgIpc) is 2.87. The molecule has 1 N–H and O–H groups in total. The van der Waals surface area contributed by atoms with Gasteiger partial charge in [-0.05, 0) is 49.9 Å². The molecule has 0 bridgehead atoms. The maximum absolute atomic E-state index is 11.9. The zero-order valence-electron chi connectivity index (χ0n) is 15.7. The number of rotatable bonds is 10. The predicted molar refractivity (Wildman–Crippen MR) is 100 cm³/mol. The SMILES string of the molecule is COc1ccc(OCCCC(=O)NCCCN2CCCCCC2=O)cc1. The van der Waals surface area contributed by atoms with Gasteiger partial charge in [0, 0.05) is 32.5 Å². The van der Waals surface area contributed by atoms with E-state index < -0.39 is 0 Å². The summed E-state index contributed by atoms with van der Waals surface area (Å²) < 4.78 is 10.7. The van der Waals surface area contributed by atoms with Crippen LogP contribution in [-0.4, -0.2) is 50.1 Å². The second-order valence-electron chi connectivity index (χ2n) is 6.52. The highest BCUT2D eigenvalue weighted by molar-refractivity contribution is 5.76. The lowest BCUT2D eigenvalue weighted by atomic mass is 10.2. The lowest BCUT2D eigenvalue weighted by Gasteiger charge is -2.20. The number of likely N-dealkylation sites (tertiary alicyclic amines) is 1. The first kappa shape index (κ1) is 20.1. The zero-order valence-corrected chi connectivity index (χ0v) is 15.7. The van der Waals surface area contributed by atoms with Crippen molar-refractivity contribution >= 4 is 11.8 Å². The minimum absolute atomic E-state index is 0.0329. The van der Waals surface area contributed by atoms with Gasteiger partial charge in [0.15, 0.2) is 0 Å². The smallest absolute Gasteiger partial charge is 0.222 e. The van der Waals surface area contributed by atoms with Crippen molar-refractivity contribution in [2.24, 2.45) is 0 Å². The summed E-state index contributed by atoms with van der Waals surface area (Å²) in [5.74, 6) is 1.85. The van der Waals surface area contributed by atoms with Crippen LogP contribution in [-0.2, 0) is 9.59 Å². The molecule has 1 heterocycles. The first-order chi connectivity index (χ1) is 12.7. The molecular formula is C20H30N2O4. The number of carbonyl (C=O) groups is 2. The molecule has 2 amide bonds. The van der Waals surface area contributed by atoms with E-state index in [2.05, 4.69) is 5.32 Å². The fraction of sp³-hybridized carbons (Fsp3) is 0.600. The van der Waals surface area contributed by atoms with Crippen molar-refractivity contribution in [1.82, 2.24) is 10.2 Å². The summed E-state index contributed by atoms with van der Waals surface area (Å²) in [5, 5.41) is 2.92. The van der Waals surface area contributed by atoms with Crippen molar-refractivity contribution in [3.63, 3.8) is 0 Å². The van der Waals surface area contributed by atoms with Crippen LogP contribution in [0.15, 0.2) is 24.3 Å². The van der Waals surface area contributed by atoms with Gasteiger partial charge in [0.2, 0.25) is 11.8 Å². The Morgan fingerprint density at radius 1 is 1.12 bits per heavy atom. The Labute approximate surface area is 155 Å². The maximum atomic E-state index is 11.9. The molecular weight excluding hydrogens is 332 g/mol. The highest BCUT2D eigenvalue weighted by Crippen LogP contribution is 2.17. The molecule has 0 radical (unpaired) electrons. The molecule has 0 saturated carbocycles. The Bertz CT molecular complexity index is 559. The van der Waals surface area contributed by atoms with Gasteiger partial charge in [0.05, 0.1) is 13.7 Å². The number of nitrogens with zero attached hydrogens (tertiary/aromatic N) is 1. The number of benzene rings is 1. The molecule has 1 aliphatic rings. The molecule has 6 heteroatoms. The van der Waals surface area contributed by atoms with Gasteiger partial charge in [-0.1, -0.05) is 6.42 Å². The topological polar surface area (TPSA) is 67.9 Å². The monoisotopic (exact) mass is 362 g/mol. The van der Waals surface area contributed by atoms with E-state index in [1.807, 2.05) is 29.2 Å². The third-order valence-electron chi connectivity index (χ3n) is 4.47. The summed E-state index contributed by atoms with van der Waals surface area (Å²) in [6.07, 6.45) is 5.82. The molecule has 1 aromatic rings. The Morgan fingerprint density at radius 3 is 2.65 bits per heavy atom. The zero-order chi connectivity index (χ0) is 18.6. The number of methoxy groups -OCH3 is 1. The molecule has 0 atom stereocenters. The molecule has 1 saturated heterocycles. The molecule has 0 spiro atoms. The van der Waals surface area contributed by atoms with Gasteiger partial charge >= 0.3 is 0 Å². The van der Waals surface area contributed by atoms with E-state index in [1.54, 1.807) is 7.11 Å². The van der Waals surface area contributed by atoms with E-state index in [0.717, 1.165) is 50.3 Å². The van der Waals surface area contributed by atoms with E-state index in [9.17, 15) is 9.59 Å². The van der Waals surface area contributed by atoms with Gasteiger partial charge in [0.1, 0.15) is 11.5 Å². The molecule has 0 aliphatic carbocycles. The van der Waals surface area contributed by atoms with Crippen LogP contribution < -0.4 is 14.8 Å². The van der Waals surface area contributed by atoms with E-state index >= 15 is 0 Å². The van der Waals surface area contributed by atoms with E-state index in [1.165, 1.54) is 0 Å². The molecule has 6 nitrogen and oxygen atoms in total. The van der Waals surface area contributed by atoms with Crippen molar-refractivity contribution in [2.75, 3.05) is 33.4 Å². The summed E-state index contributed by atoms with van der Waals surface area (Å²) in [7, 11) is 1.63. The molecule has 1 fully saturated rings.